The Hall–Kier alpha value is -1.02. The topological polar surface area (TPSA) is 12.5 Å². The standard InChI is InChI=1S/C15H25NO/c1-5-13-8-9-15(12-14(13)6-2)17-11-7-10-16(3)4/h8-9,12H,5-7,10-11H2,1-4H3. The van der Waals surface area contributed by atoms with Gasteiger partial charge in [0.15, 0.2) is 0 Å². The van der Waals surface area contributed by atoms with Gasteiger partial charge in [-0.05, 0) is 56.6 Å². The van der Waals surface area contributed by atoms with Crippen molar-refractivity contribution < 1.29 is 4.74 Å². The number of hydrogen-bond donors (Lipinski definition) is 0. The molecule has 1 aromatic rings. The van der Waals surface area contributed by atoms with Crippen LogP contribution in [0.3, 0.4) is 0 Å². The second-order valence-electron chi connectivity index (χ2n) is 4.64. The van der Waals surface area contributed by atoms with Crippen molar-refractivity contribution in [3.8, 4) is 5.75 Å². The zero-order chi connectivity index (χ0) is 12.7. The molecule has 1 rings (SSSR count). The Balaban J connectivity index is 2.48. The highest BCUT2D eigenvalue weighted by Crippen LogP contribution is 2.19. The van der Waals surface area contributed by atoms with Crippen LogP contribution in [0.15, 0.2) is 18.2 Å². The number of nitrogens with zero attached hydrogens (tertiary/aromatic N) is 1. The van der Waals surface area contributed by atoms with Crippen molar-refractivity contribution in [3.63, 3.8) is 0 Å². The van der Waals surface area contributed by atoms with E-state index in [0.29, 0.717) is 0 Å². The fourth-order valence-electron chi connectivity index (χ4n) is 1.94. The smallest absolute Gasteiger partial charge is 0.119 e. The lowest BCUT2D eigenvalue weighted by atomic mass is 10.0. The van der Waals surface area contributed by atoms with E-state index in [0.717, 1.165) is 38.2 Å². The maximum Gasteiger partial charge on any atom is 0.119 e. The summed E-state index contributed by atoms with van der Waals surface area (Å²) in [7, 11) is 4.18. The van der Waals surface area contributed by atoms with Crippen LogP contribution in [-0.2, 0) is 12.8 Å². The van der Waals surface area contributed by atoms with Crippen molar-refractivity contribution in [2.45, 2.75) is 33.1 Å². The number of ether oxygens (including phenoxy) is 1. The van der Waals surface area contributed by atoms with Crippen molar-refractivity contribution in [1.82, 2.24) is 4.90 Å². The van der Waals surface area contributed by atoms with E-state index in [4.69, 9.17) is 4.74 Å². The normalized spacial score (nSPS) is 10.9. The van der Waals surface area contributed by atoms with Gasteiger partial charge in [-0.3, -0.25) is 0 Å². The molecule has 96 valence electrons. The number of benzene rings is 1. The molecule has 2 nitrogen and oxygen atoms in total. The molecular weight excluding hydrogens is 210 g/mol. The van der Waals surface area contributed by atoms with Crippen molar-refractivity contribution in [3.05, 3.63) is 29.3 Å². The fourth-order valence-corrected chi connectivity index (χ4v) is 1.94. The molecule has 0 fully saturated rings. The molecule has 2 heteroatoms. The maximum absolute atomic E-state index is 5.77. The summed E-state index contributed by atoms with van der Waals surface area (Å²) >= 11 is 0. The molecule has 0 heterocycles. The molecule has 0 unspecified atom stereocenters. The Kier molecular flexibility index (Phi) is 6.06. The highest BCUT2D eigenvalue weighted by molar-refractivity contribution is 5.35. The predicted molar refractivity (Wildman–Crippen MR) is 73.9 cm³/mol. The lowest BCUT2D eigenvalue weighted by Gasteiger charge is -2.12. The first kappa shape index (κ1) is 14.0. The Morgan fingerprint density at radius 2 is 1.76 bits per heavy atom. The molecule has 1 aromatic carbocycles. The van der Waals surface area contributed by atoms with Gasteiger partial charge in [0, 0.05) is 6.54 Å². The first-order chi connectivity index (χ1) is 8.17. The van der Waals surface area contributed by atoms with Crippen LogP contribution in [0.5, 0.6) is 5.75 Å². The molecule has 17 heavy (non-hydrogen) atoms. The van der Waals surface area contributed by atoms with Gasteiger partial charge in [-0.25, -0.2) is 0 Å². The molecule has 0 atom stereocenters. The summed E-state index contributed by atoms with van der Waals surface area (Å²) in [6, 6.07) is 6.47. The van der Waals surface area contributed by atoms with Gasteiger partial charge in [0.25, 0.3) is 0 Å². The van der Waals surface area contributed by atoms with Gasteiger partial charge in [0.1, 0.15) is 5.75 Å². The van der Waals surface area contributed by atoms with Crippen LogP contribution in [0.1, 0.15) is 31.4 Å². The van der Waals surface area contributed by atoms with Crippen LogP contribution < -0.4 is 4.74 Å². The van der Waals surface area contributed by atoms with Crippen LogP contribution in [0, 0.1) is 0 Å². The van der Waals surface area contributed by atoms with Crippen molar-refractivity contribution in [2.24, 2.45) is 0 Å². The summed E-state index contributed by atoms with van der Waals surface area (Å²) in [6.07, 6.45) is 3.26. The Morgan fingerprint density at radius 1 is 1.06 bits per heavy atom. The molecule has 0 N–H and O–H groups in total. The van der Waals surface area contributed by atoms with Crippen LogP contribution in [-0.4, -0.2) is 32.1 Å². The molecular formula is C15H25NO. The molecule has 0 aliphatic rings. The number of hydrogen-bond acceptors (Lipinski definition) is 2. The Morgan fingerprint density at radius 3 is 2.35 bits per heavy atom. The van der Waals surface area contributed by atoms with Crippen molar-refractivity contribution in [1.29, 1.82) is 0 Å². The van der Waals surface area contributed by atoms with E-state index in [-0.39, 0.29) is 0 Å². The van der Waals surface area contributed by atoms with Gasteiger partial charge in [0.2, 0.25) is 0 Å². The monoisotopic (exact) mass is 235 g/mol. The van der Waals surface area contributed by atoms with E-state index in [1.54, 1.807) is 0 Å². The highest BCUT2D eigenvalue weighted by Gasteiger charge is 2.01. The summed E-state index contributed by atoms with van der Waals surface area (Å²) in [6.45, 7) is 6.27. The third-order valence-corrected chi connectivity index (χ3v) is 2.96. The highest BCUT2D eigenvalue weighted by atomic mass is 16.5. The molecule has 0 aliphatic heterocycles. The first-order valence-electron chi connectivity index (χ1n) is 6.56. The summed E-state index contributed by atoms with van der Waals surface area (Å²) in [5.74, 6) is 1.01. The third kappa shape index (κ3) is 4.78. The lowest BCUT2D eigenvalue weighted by Crippen LogP contribution is -2.15. The molecule has 0 bridgehead atoms. The van der Waals surface area contributed by atoms with Gasteiger partial charge < -0.3 is 9.64 Å². The Labute approximate surface area is 106 Å². The zero-order valence-electron chi connectivity index (χ0n) is 11.6. The fraction of sp³-hybridized carbons (Fsp3) is 0.600. The van der Waals surface area contributed by atoms with Gasteiger partial charge >= 0.3 is 0 Å². The Bertz CT molecular complexity index is 334. The van der Waals surface area contributed by atoms with E-state index in [1.807, 2.05) is 0 Å². The van der Waals surface area contributed by atoms with E-state index < -0.39 is 0 Å². The van der Waals surface area contributed by atoms with E-state index in [1.165, 1.54) is 11.1 Å². The van der Waals surface area contributed by atoms with E-state index in [2.05, 4.69) is 51.0 Å². The minimum absolute atomic E-state index is 0.798. The number of aryl methyl sites for hydroxylation is 2. The van der Waals surface area contributed by atoms with Gasteiger partial charge in [0.05, 0.1) is 6.61 Å². The maximum atomic E-state index is 5.77. The summed E-state index contributed by atoms with van der Waals surface area (Å²) in [5.41, 5.74) is 2.85. The average Bonchev–Trinajstić information content (AvgIpc) is 2.34. The molecule has 0 aliphatic carbocycles. The van der Waals surface area contributed by atoms with E-state index >= 15 is 0 Å². The molecule has 0 saturated heterocycles. The molecule has 0 saturated carbocycles. The SMILES string of the molecule is CCc1ccc(OCCCN(C)C)cc1CC. The molecule has 0 spiro atoms. The van der Waals surface area contributed by atoms with E-state index in [9.17, 15) is 0 Å². The average molecular weight is 235 g/mol. The summed E-state index contributed by atoms with van der Waals surface area (Å²) in [5, 5.41) is 0. The van der Waals surface area contributed by atoms with Crippen LogP contribution >= 0.6 is 0 Å². The summed E-state index contributed by atoms with van der Waals surface area (Å²) < 4.78 is 5.77. The molecule has 0 amide bonds. The first-order valence-corrected chi connectivity index (χ1v) is 6.56. The van der Waals surface area contributed by atoms with Gasteiger partial charge in [-0.1, -0.05) is 19.9 Å². The van der Waals surface area contributed by atoms with Gasteiger partial charge in [-0.2, -0.15) is 0 Å². The van der Waals surface area contributed by atoms with Crippen LogP contribution in [0.4, 0.5) is 0 Å². The minimum Gasteiger partial charge on any atom is -0.494 e. The van der Waals surface area contributed by atoms with Crippen LogP contribution in [0.2, 0.25) is 0 Å². The predicted octanol–water partition coefficient (Wildman–Crippen LogP) is 3.14. The van der Waals surface area contributed by atoms with Gasteiger partial charge in [-0.15, -0.1) is 0 Å². The van der Waals surface area contributed by atoms with Crippen molar-refractivity contribution >= 4 is 0 Å². The number of rotatable bonds is 7. The molecule has 0 aromatic heterocycles. The second-order valence-corrected chi connectivity index (χ2v) is 4.64. The van der Waals surface area contributed by atoms with Crippen LogP contribution in [0.25, 0.3) is 0 Å². The largest absolute Gasteiger partial charge is 0.494 e. The summed E-state index contributed by atoms with van der Waals surface area (Å²) in [4.78, 5) is 2.18. The minimum atomic E-state index is 0.798. The van der Waals surface area contributed by atoms with Crippen molar-refractivity contribution in [2.75, 3.05) is 27.2 Å². The quantitative estimate of drug-likeness (QED) is 0.673. The zero-order valence-corrected chi connectivity index (χ0v) is 11.6. The molecule has 0 radical (unpaired) electrons. The lowest BCUT2D eigenvalue weighted by molar-refractivity contribution is 0.281. The second kappa shape index (κ2) is 7.33. The third-order valence-electron chi connectivity index (χ3n) is 2.96.